The standard InChI is InChI=1S/C36H42F2N4O3/c1-3-26(11-14-31-24-40-16-17-42(31)36(44)15-18-45-32-7-5-4-6-8-32)34(23-39)41-35(43)22-33(27-9-12-29(37)13-10-27)28-19-25(2)20-30(38)21-28/h4-10,12-13,19-21,23,31,33,39-40H,3,11,14-18,22,24H2,1-2H3,(H,41,43)/b34-26-,39-23?/t31-,33-/m0/s1. The molecule has 45 heavy (non-hydrogen) atoms. The number of allylic oxidation sites excluding steroid dienone is 2. The Balaban J connectivity index is 1.41. The van der Waals surface area contributed by atoms with Gasteiger partial charge >= 0.3 is 0 Å². The number of hydrogen-bond donors (Lipinski definition) is 3. The van der Waals surface area contributed by atoms with Gasteiger partial charge in [0, 0.05) is 44.2 Å². The molecule has 3 N–H and O–H groups in total. The summed E-state index contributed by atoms with van der Waals surface area (Å²) in [4.78, 5) is 28.4. The lowest BCUT2D eigenvalue weighted by Gasteiger charge is -2.36. The van der Waals surface area contributed by atoms with E-state index >= 15 is 0 Å². The molecule has 9 heteroatoms. The number of para-hydroxylation sites is 1. The number of aryl methyl sites for hydroxylation is 1. The molecule has 2 amide bonds. The Bertz CT molecular complexity index is 1460. The minimum atomic E-state index is -0.504. The number of nitrogens with zero attached hydrogens (tertiary/aromatic N) is 1. The smallest absolute Gasteiger partial charge is 0.226 e. The molecule has 0 aliphatic carbocycles. The van der Waals surface area contributed by atoms with Crippen molar-refractivity contribution in [1.29, 1.82) is 5.41 Å². The lowest BCUT2D eigenvalue weighted by atomic mass is 9.87. The van der Waals surface area contributed by atoms with Gasteiger partial charge in [-0.3, -0.25) is 9.59 Å². The summed E-state index contributed by atoms with van der Waals surface area (Å²) in [5, 5.41) is 14.4. The van der Waals surface area contributed by atoms with E-state index in [1.165, 1.54) is 24.3 Å². The van der Waals surface area contributed by atoms with Crippen LogP contribution in [0.5, 0.6) is 5.75 Å². The highest BCUT2D eigenvalue weighted by Crippen LogP contribution is 2.30. The van der Waals surface area contributed by atoms with Crippen LogP contribution >= 0.6 is 0 Å². The molecule has 1 heterocycles. The predicted molar refractivity (Wildman–Crippen MR) is 172 cm³/mol. The fraction of sp³-hybridized carbons (Fsp3) is 0.361. The van der Waals surface area contributed by atoms with Gasteiger partial charge in [0.15, 0.2) is 0 Å². The number of amides is 2. The molecular weight excluding hydrogens is 574 g/mol. The second-order valence-electron chi connectivity index (χ2n) is 11.3. The summed E-state index contributed by atoms with van der Waals surface area (Å²) in [7, 11) is 0. The maximum Gasteiger partial charge on any atom is 0.226 e. The summed E-state index contributed by atoms with van der Waals surface area (Å²) in [5.74, 6) is -0.857. The quantitative estimate of drug-likeness (QED) is 0.186. The lowest BCUT2D eigenvalue weighted by Crippen LogP contribution is -2.53. The van der Waals surface area contributed by atoms with Crippen LogP contribution in [-0.2, 0) is 9.59 Å². The fourth-order valence-electron chi connectivity index (χ4n) is 5.81. The molecule has 0 bridgehead atoms. The first-order valence-electron chi connectivity index (χ1n) is 15.5. The zero-order valence-electron chi connectivity index (χ0n) is 26.0. The van der Waals surface area contributed by atoms with E-state index in [0.717, 1.165) is 29.6 Å². The van der Waals surface area contributed by atoms with Gasteiger partial charge in [-0.05, 0) is 84.8 Å². The van der Waals surface area contributed by atoms with E-state index in [4.69, 9.17) is 10.1 Å². The topological polar surface area (TPSA) is 94.5 Å². The molecule has 0 saturated carbocycles. The molecule has 2 atom stereocenters. The minimum absolute atomic E-state index is 0.0112. The van der Waals surface area contributed by atoms with Crippen LogP contribution in [0.25, 0.3) is 0 Å². The second-order valence-corrected chi connectivity index (χ2v) is 11.3. The average Bonchev–Trinajstić information content (AvgIpc) is 3.04. The summed E-state index contributed by atoms with van der Waals surface area (Å²) in [5.41, 5.74) is 3.36. The minimum Gasteiger partial charge on any atom is -0.493 e. The zero-order chi connectivity index (χ0) is 32.2. The number of piperazine rings is 1. The van der Waals surface area contributed by atoms with Crippen molar-refractivity contribution < 1.29 is 23.1 Å². The van der Waals surface area contributed by atoms with E-state index in [-0.39, 0.29) is 30.7 Å². The van der Waals surface area contributed by atoms with Gasteiger partial charge in [0.25, 0.3) is 0 Å². The van der Waals surface area contributed by atoms with Crippen LogP contribution in [0.3, 0.4) is 0 Å². The van der Waals surface area contributed by atoms with Crippen molar-refractivity contribution in [2.45, 2.75) is 57.9 Å². The summed E-state index contributed by atoms with van der Waals surface area (Å²) < 4.78 is 33.7. The van der Waals surface area contributed by atoms with Crippen molar-refractivity contribution in [2.24, 2.45) is 0 Å². The number of halogens is 2. The lowest BCUT2D eigenvalue weighted by molar-refractivity contribution is -0.135. The van der Waals surface area contributed by atoms with E-state index in [0.29, 0.717) is 55.8 Å². The molecule has 1 fully saturated rings. The molecule has 0 unspecified atom stereocenters. The summed E-state index contributed by atoms with van der Waals surface area (Å²) in [6, 6.07) is 19.9. The molecular formula is C36H42F2N4O3. The Hall–Kier alpha value is -4.37. The molecule has 0 radical (unpaired) electrons. The molecule has 1 aliphatic heterocycles. The monoisotopic (exact) mass is 616 g/mol. The third kappa shape index (κ3) is 9.81. The van der Waals surface area contributed by atoms with Crippen LogP contribution in [0.2, 0.25) is 0 Å². The van der Waals surface area contributed by atoms with Gasteiger partial charge in [0.05, 0.1) is 18.7 Å². The van der Waals surface area contributed by atoms with E-state index in [1.807, 2.05) is 48.2 Å². The van der Waals surface area contributed by atoms with Gasteiger partial charge in [0.2, 0.25) is 11.8 Å². The van der Waals surface area contributed by atoms with Crippen molar-refractivity contribution in [3.05, 3.63) is 112 Å². The highest BCUT2D eigenvalue weighted by Gasteiger charge is 2.27. The highest BCUT2D eigenvalue weighted by atomic mass is 19.1. The number of ether oxygens (including phenoxy) is 1. The molecule has 1 saturated heterocycles. The van der Waals surface area contributed by atoms with Gasteiger partial charge in [-0.15, -0.1) is 0 Å². The molecule has 1 aliphatic rings. The molecule has 4 rings (SSSR count). The maximum absolute atomic E-state index is 14.3. The number of carbonyl (C=O) groups excluding carboxylic acids is 2. The van der Waals surface area contributed by atoms with Gasteiger partial charge in [-0.1, -0.05) is 43.3 Å². The van der Waals surface area contributed by atoms with Crippen LogP contribution in [0.15, 0.2) is 84.1 Å². The maximum atomic E-state index is 14.3. The summed E-state index contributed by atoms with van der Waals surface area (Å²) in [6.07, 6.45) is 3.32. The molecule has 3 aromatic carbocycles. The van der Waals surface area contributed by atoms with Gasteiger partial charge in [-0.25, -0.2) is 8.78 Å². The van der Waals surface area contributed by atoms with Gasteiger partial charge < -0.3 is 25.7 Å². The average molecular weight is 617 g/mol. The SMILES string of the molecule is CC/C(CC[C@H]1CNCCN1C(=O)CCOc1ccccc1)=C(\C=N)NC(=O)C[C@@H](c1ccc(F)cc1)c1cc(C)cc(F)c1. The normalized spacial score (nSPS) is 16.0. The zero-order valence-corrected chi connectivity index (χ0v) is 26.0. The Kier molecular flexibility index (Phi) is 12.4. The van der Waals surface area contributed by atoms with Gasteiger partial charge in [0.1, 0.15) is 17.4 Å². The van der Waals surface area contributed by atoms with Crippen LogP contribution in [0, 0.1) is 24.0 Å². The van der Waals surface area contributed by atoms with Crippen LogP contribution in [0.4, 0.5) is 8.78 Å². The molecule has 0 aromatic heterocycles. The van der Waals surface area contributed by atoms with E-state index in [2.05, 4.69) is 10.6 Å². The van der Waals surface area contributed by atoms with Gasteiger partial charge in [-0.2, -0.15) is 0 Å². The van der Waals surface area contributed by atoms with E-state index < -0.39 is 17.6 Å². The Labute approximate surface area is 264 Å². The number of hydrogen-bond acceptors (Lipinski definition) is 5. The third-order valence-corrected chi connectivity index (χ3v) is 8.13. The third-order valence-electron chi connectivity index (χ3n) is 8.13. The van der Waals surface area contributed by atoms with Crippen molar-refractivity contribution in [2.75, 3.05) is 26.2 Å². The second kappa shape index (κ2) is 16.6. The predicted octanol–water partition coefficient (Wildman–Crippen LogP) is 6.27. The molecule has 7 nitrogen and oxygen atoms in total. The van der Waals surface area contributed by atoms with Crippen molar-refractivity contribution in [3.63, 3.8) is 0 Å². The number of rotatable bonds is 14. The largest absolute Gasteiger partial charge is 0.493 e. The van der Waals surface area contributed by atoms with Crippen LogP contribution in [0.1, 0.15) is 61.6 Å². The summed E-state index contributed by atoms with van der Waals surface area (Å²) in [6.45, 7) is 6.06. The first-order valence-corrected chi connectivity index (χ1v) is 15.5. The van der Waals surface area contributed by atoms with Crippen LogP contribution < -0.4 is 15.4 Å². The van der Waals surface area contributed by atoms with E-state index in [9.17, 15) is 18.4 Å². The number of carbonyl (C=O) groups is 2. The Morgan fingerprint density at radius 3 is 2.49 bits per heavy atom. The first kappa shape index (κ1) is 33.5. The van der Waals surface area contributed by atoms with Crippen molar-refractivity contribution in [1.82, 2.24) is 15.5 Å². The first-order chi connectivity index (χ1) is 21.8. The Morgan fingerprint density at radius 1 is 1.04 bits per heavy atom. The fourth-order valence-corrected chi connectivity index (χ4v) is 5.81. The van der Waals surface area contributed by atoms with E-state index in [1.54, 1.807) is 19.1 Å². The van der Waals surface area contributed by atoms with Crippen LogP contribution in [-0.4, -0.2) is 55.2 Å². The van der Waals surface area contributed by atoms with Crippen molar-refractivity contribution >= 4 is 18.0 Å². The summed E-state index contributed by atoms with van der Waals surface area (Å²) >= 11 is 0. The highest BCUT2D eigenvalue weighted by molar-refractivity contribution is 5.88. The number of benzene rings is 3. The molecule has 0 spiro atoms. The van der Waals surface area contributed by atoms with Crippen molar-refractivity contribution in [3.8, 4) is 5.75 Å². The molecule has 3 aromatic rings. The Morgan fingerprint density at radius 2 is 1.80 bits per heavy atom. The number of nitrogens with one attached hydrogen (secondary N) is 3. The molecule has 238 valence electrons.